The van der Waals surface area contributed by atoms with E-state index >= 15 is 0 Å². The van der Waals surface area contributed by atoms with Gasteiger partial charge in [-0.05, 0) is 30.7 Å². The van der Waals surface area contributed by atoms with Crippen molar-refractivity contribution in [2.24, 2.45) is 0 Å². The molecule has 0 aromatic heterocycles. The molecule has 1 N–H and O–H groups in total. The molecule has 0 bridgehead atoms. The minimum atomic E-state index is -4.24. The van der Waals surface area contributed by atoms with Crippen LogP contribution in [0.15, 0.2) is 89.8 Å². The van der Waals surface area contributed by atoms with E-state index in [1.54, 1.807) is 25.1 Å². The van der Waals surface area contributed by atoms with Crippen molar-refractivity contribution >= 4 is 27.3 Å². The van der Waals surface area contributed by atoms with Gasteiger partial charge in [0.25, 0.3) is 15.7 Å². The zero-order chi connectivity index (χ0) is 22.4. The second-order valence-electron chi connectivity index (χ2n) is 6.77. The minimum absolute atomic E-state index is 0.0722. The van der Waals surface area contributed by atoms with Crippen LogP contribution in [0.5, 0.6) is 0 Å². The molecule has 1 amide bonds. The number of nitrogens with zero attached hydrogens (tertiary/aromatic N) is 2. The number of hydrogen-bond donors (Lipinski definition) is 1. The van der Waals surface area contributed by atoms with Gasteiger partial charge in [0.15, 0.2) is 0 Å². The van der Waals surface area contributed by atoms with Crippen LogP contribution in [0, 0.1) is 10.1 Å². The Balaban J connectivity index is 1.97. The molecule has 9 heteroatoms. The summed E-state index contributed by atoms with van der Waals surface area (Å²) in [5, 5.41) is 14.3. The number of nitro benzene ring substituents is 1. The maximum atomic E-state index is 13.3. The Bertz CT molecular complexity index is 1170. The van der Waals surface area contributed by atoms with Gasteiger partial charge in [-0.25, -0.2) is 12.7 Å². The van der Waals surface area contributed by atoms with E-state index in [9.17, 15) is 23.3 Å². The molecule has 3 aromatic carbocycles. The van der Waals surface area contributed by atoms with E-state index in [1.165, 1.54) is 36.4 Å². The maximum Gasteiger partial charge on any atom is 0.293 e. The molecule has 0 aliphatic heterocycles. The first-order valence-corrected chi connectivity index (χ1v) is 10.9. The van der Waals surface area contributed by atoms with Crippen molar-refractivity contribution in [2.75, 3.05) is 10.8 Å². The van der Waals surface area contributed by atoms with Gasteiger partial charge in [0, 0.05) is 6.07 Å². The Morgan fingerprint density at radius 2 is 1.52 bits per heavy atom. The Labute approximate surface area is 180 Å². The molecule has 8 nitrogen and oxygen atoms in total. The average Bonchev–Trinajstić information content (AvgIpc) is 2.78. The predicted octanol–water partition coefficient (Wildman–Crippen LogP) is 3.67. The standard InChI is InChI=1S/C22H21N3O5S/c1-17(18-10-4-2-5-11-18)23-22(26)16-24(20-14-8-9-15-21(20)25(27)28)31(29,30)19-12-6-3-7-13-19/h2-15,17H,16H2,1H3,(H,23,26)/t17-/m0/s1. The molecule has 3 rings (SSSR count). The Morgan fingerprint density at radius 1 is 0.968 bits per heavy atom. The molecule has 31 heavy (non-hydrogen) atoms. The van der Waals surface area contributed by atoms with Crippen LogP contribution in [0.4, 0.5) is 11.4 Å². The first kappa shape index (κ1) is 22.0. The maximum absolute atomic E-state index is 13.3. The van der Waals surface area contributed by atoms with Crippen molar-refractivity contribution in [1.29, 1.82) is 0 Å². The van der Waals surface area contributed by atoms with Gasteiger partial charge in [-0.3, -0.25) is 14.9 Å². The first-order chi connectivity index (χ1) is 14.8. The Hall–Kier alpha value is -3.72. The van der Waals surface area contributed by atoms with Gasteiger partial charge in [0.05, 0.1) is 15.9 Å². The van der Waals surface area contributed by atoms with E-state index < -0.39 is 33.1 Å². The third kappa shape index (κ3) is 5.07. The highest BCUT2D eigenvalue weighted by atomic mass is 32.2. The van der Waals surface area contributed by atoms with Crippen molar-refractivity contribution in [2.45, 2.75) is 17.9 Å². The minimum Gasteiger partial charge on any atom is -0.348 e. The normalized spacial score (nSPS) is 12.0. The van der Waals surface area contributed by atoms with Crippen LogP contribution in [0.3, 0.4) is 0 Å². The van der Waals surface area contributed by atoms with Crippen LogP contribution in [0.1, 0.15) is 18.5 Å². The van der Waals surface area contributed by atoms with Gasteiger partial charge >= 0.3 is 0 Å². The number of anilines is 1. The molecule has 1 atom stereocenters. The lowest BCUT2D eigenvalue weighted by atomic mass is 10.1. The van der Waals surface area contributed by atoms with E-state index in [-0.39, 0.29) is 16.6 Å². The molecular weight excluding hydrogens is 418 g/mol. The molecule has 0 radical (unpaired) electrons. The highest BCUT2D eigenvalue weighted by Gasteiger charge is 2.32. The summed E-state index contributed by atoms with van der Waals surface area (Å²) in [6.45, 7) is 1.16. The topological polar surface area (TPSA) is 110 Å². The van der Waals surface area contributed by atoms with E-state index in [0.717, 1.165) is 9.87 Å². The van der Waals surface area contributed by atoms with Gasteiger partial charge < -0.3 is 5.32 Å². The second-order valence-corrected chi connectivity index (χ2v) is 8.63. The van der Waals surface area contributed by atoms with Gasteiger partial charge in [0.1, 0.15) is 12.2 Å². The summed E-state index contributed by atoms with van der Waals surface area (Å²) in [7, 11) is -4.24. The molecule has 0 fully saturated rings. The largest absolute Gasteiger partial charge is 0.348 e. The Morgan fingerprint density at radius 3 is 2.13 bits per heavy atom. The summed E-state index contributed by atoms with van der Waals surface area (Å²) < 4.78 is 27.4. The number of nitro groups is 1. The fourth-order valence-corrected chi connectivity index (χ4v) is 4.55. The summed E-state index contributed by atoms with van der Waals surface area (Å²) in [6.07, 6.45) is 0. The third-order valence-electron chi connectivity index (χ3n) is 4.64. The highest BCUT2D eigenvalue weighted by Crippen LogP contribution is 2.32. The number of benzene rings is 3. The number of hydrogen-bond acceptors (Lipinski definition) is 5. The highest BCUT2D eigenvalue weighted by molar-refractivity contribution is 7.92. The zero-order valence-electron chi connectivity index (χ0n) is 16.7. The summed E-state index contributed by atoms with van der Waals surface area (Å²) >= 11 is 0. The van der Waals surface area contributed by atoms with Gasteiger partial charge in [-0.1, -0.05) is 60.7 Å². The van der Waals surface area contributed by atoms with Crippen LogP contribution < -0.4 is 9.62 Å². The molecule has 0 aliphatic rings. The lowest BCUT2D eigenvalue weighted by Gasteiger charge is -2.24. The number of para-hydroxylation sites is 2. The first-order valence-electron chi connectivity index (χ1n) is 9.46. The smallest absolute Gasteiger partial charge is 0.293 e. The summed E-state index contributed by atoms with van der Waals surface area (Å²) in [4.78, 5) is 23.6. The second kappa shape index (κ2) is 9.40. The fraction of sp³-hybridized carbons (Fsp3) is 0.136. The summed E-state index contributed by atoms with van der Waals surface area (Å²) in [5.74, 6) is -0.589. The summed E-state index contributed by atoms with van der Waals surface area (Å²) in [5.41, 5.74) is 0.254. The number of carbonyl (C=O) groups excluding carboxylic acids is 1. The van der Waals surface area contributed by atoms with E-state index in [0.29, 0.717) is 0 Å². The fourth-order valence-electron chi connectivity index (χ4n) is 3.09. The molecule has 160 valence electrons. The van der Waals surface area contributed by atoms with Crippen LogP contribution in [0.2, 0.25) is 0 Å². The van der Waals surface area contributed by atoms with Gasteiger partial charge in [-0.2, -0.15) is 0 Å². The molecule has 3 aromatic rings. The molecule has 0 saturated carbocycles. The van der Waals surface area contributed by atoms with E-state index in [1.807, 2.05) is 30.3 Å². The number of carbonyl (C=O) groups is 1. The predicted molar refractivity (Wildman–Crippen MR) is 117 cm³/mol. The molecular formula is C22H21N3O5S. The van der Waals surface area contributed by atoms with E-state index in [4.69, 9.17) is 0 Å². The lowest BCUT2D eigenvalue weighted by Crippen LogP contribution is -2.41. The van der Waals surface area contributed by atoms with Gasteiger partial charge in [-0.15, -0.1) is 0 Å². The van der Waals surface area contributed by atoms with E-state index in [2.05, 4.69) is 5.32 Å². The number of rotatable bonds is 8. The molecule has 0 heterocycles. The van der Waals surface area contributed by atoms with Crippen LogP contribution in [-0.4, -0.2) is 25.8 Å². The number of sulfonamides is 1. The van der Waals surface area contributed by atoms with Crippen molar-refractivity contribution < 1.29 is 18.1 Å². The van der Waals surface area contributed by atoms with Crippen molar-refractivity contribution in [1.82, 2.24) is 5.32 Å². The average molecular weight is 439 g/mol. The van der Waals surface area contributed by atoms with Gasteiger partial charge in [0.2, 0.25) is 5.91 Å². The zero-order valence-corrected chi connectivity index (χ0v) is 17.5. The van der Waals surface area contributed by atoms with Crippen molar-refractivity contribution in [3.8, 4) is 0 Å². The number of nitrogens with one attached hydrogen (secondary N) is 1. The SMILES string of the molecule is C[C@H](NC(=O)CN(c1ccccc1[N+](=O)[O-])S(=O)(=O)c1ccccc1)c1ccccc1. The number of amides is 1. The van der Waals surface area contributed by atoms with Crippen LogP contribution in [0.25, 0.3) is 0 Å². The molecule has 0 saturated heterocycles. The third-order valence-corrected chi connectivity index (χ3v) is 6.42. The monoisotopic (exact) mass is 439 g/mol. The summed E-state index contributed by atoms with van der Waals surface area (Å²) in [6, 6.07) is 21.7. The van der Waals surface area contributed by atoms with Crippen molar-refractivity contribution in [3.05, 3.63) is 101 Å². The molecule has 0 aliphatic carbocycles. The van der Waals surface area contributed by atoms with Crippen LogP contribution >= 0.6 is 0 Å². The lowest BCUT2D eigenvalue weighted by molar-refractivity contribution is -0.384. The quantitative estimate of drug-likeness (QED) is 0.425. The Kier molecular flexibility index (Phi) is 6.66. The molecule has 0 spiro atoms. The van der Waals surface area contributed by atoms with Crippen LogP contribution in [-0.2, 0) is 14.8 Å². The van der Waals surface area contributed by atoms with Crippen molar-refractivity contribution in [3.63, 3.8) is 0 Å². The molecule has 0 unspecified atom stereocenters.